The molecule has 0 saturated carbocycles. The number of carbonyl (C=O) groups excluding carboxylic acids is 1. The minimum atomic E-state index is -0.360. The highest BCUT2D eigenvalue weighted by Gasteiger charge is 2.20. The van der Waals surface area contributed by atoms with Crippen molar-refractivity contribution in [1.82, 2.24) is 15.4 Å². The third kappa shape index (κ3) is 3.74. The number of carbonyl (C=O) groups is 1. The predicted octanol–water partition coefficient (Wildman–Crippen LogP) is 2.29. The van der Waals surface area contributed by atoms with Gasteiger partial charge in [0.05, 0.1) is 17.3 Å². The van der Waals surface area contributed by atoms with Gasteiger partial charge in [-0.1, -0.05) is 11.6 Å². The second kappa shape index (κ2) is 7.10. The second-order valence-electron chi connectivity index (χ2n) is 5.83. The van der Waals surface area contributed by atoms with Crippen molar-refractivity contribution in [3.63, 3.8) is 0 Å². The first-order chi connectivity index (χ1) is 12.0. The van der Waals surface area contributed by atoms with Gasteiger partial charge in [0.25, 0.3) is 5.91 Å². The first-order valence-corrected chi connectivity index (χ1v) is 8.32. The maximum atomic E-state index is 12.2. The van der Waals surface area contributed by atoms with Crippen LogP contribution < -0.4 is 16.1 Å². The van der Waals surface area contributed by atoms with Crippen LogP contribution in [0, 0.1) is 13.8 Å². The normalized spacial score (nSPS) is 14.4. The van der Waals surface area contributed by atoms with Gasteiger partial charge in [-0.05, 0) is 32.8 Å². The van der Waals surface area contributed by atoms with E-state index in [-0.39, 0.29) is 17.0 Å². The van der Waals surface area contributed by atoms with Crippen LogP contribution in [0.1, 0.15) is 40.3 Å². The molecule has 1 amide bonds. The number of furan rings is 1. The molecule has 0 aromatic carbocycles. The molecule has 1 fully saturated rings. The fourth-order valence-corrected chi connectivity index (χ4v) is 3.02. The van der Waals surface area contributed by atoms with Crippen LogP contribution in [-0.2, 0) is 0 Å². The zero-order chi connectivity index (χ0) is 18.0. The lowest BCUT2D eigenvalue weighted by molar-refractivity contribution is 0.0953. The summed E-state index contributed by atoms with van der Waals surface area (Å²) in [5.74, 6) is 1.58. The van der Waals surface area contributed by atoms with Gasteiger partial charge in [-0.15, -0.1) is 0 Å². The largest absolute Gasteiger partial charge is 0.466 e. The molecule has 132 valence electrons. The molecule has 9 heteroatoms. The maximum absolute atomic E-state index is 12.2. The summed E-state index contributed by atoms with van der Waals surface area (Å²) in [6.07, 6.45) is 3.59. The Morgan fingerprint density at radius 1 is 1.40 bits per heavy atom. The van der Waals surface area contributed by atoms with Crippen LogP contribution in [-0.4, -0.2) is 35.2 Å². The van der Waals surface area contributed by atoms with Gasteiger partial charge in [-0.25, -0.2) is 10.4 Å². The lowest BCUT2D eigenvalue weighted by Gasteiger charge is -2.19. The molecule has 3 N–H and O–H groups in total. The SMILES string of the molecule is Cc1cc(C(=O)N/N=C/c2c(Cl)nc(N)nc2N2CCCC2)c(C)o1. The van der Waals surface area contributed by atoms with Crippen LogP contribution in [0.5, 0.6) is 0 Å². The first kappa shape index (κ1) is 17.2. The van der Waals surface area contributed by atoms with Crippen LogP contribution in [0.15, 0.2) is 15.6 Å². The third-order valence-electron chi connectivity index (χ3n) is 3.95. The van der Waals surface area contributed by atoms with E-state index in [1.54, 1.807) is 19.9 Å². The molecule has 0 bridgehead atoms. The molecule has 3 heterocycles. The molecule has 0 unspecified atom stereocenters. The fraction of sp³-hybridized carbons (Fsp3) is 0.375. The van der Waals surface area contributed by atoms with Gasteiger partial charge in [-0.2, -0.15) is 10.1 Å². The van der Waals surface area contributed by atoms with Crippen molar-refractivity contribution in [3.8, 4) is 0 Å². The number of hydrazone groups is 1. The molecule has 1 aliphatic rings. The lowest BCUT2D eigenvalue weighted by Crippen LogP contribution is -2.23. The highest BCUT2D eigenvalue weighted by molar-refractivity contribution is 6.32. The molecule has 0 spiro atoms. The number of nitrogen functional groups attached to an aromatic ring is 1. The number of halogens is 1. The Balaban J connectivity index is 1.81. The van der Waals surface area contributed by atoms with Gasteiger partial charge in [-0.3, -0.25) is 4.79 Å². The zero-order valence-electron chi connectivity index (χ0n) is 14.0. The molecule has 3 rings (SSSR count). The van der Waals surface area contributed by atoms with E-state index >= 15 is 0 Å². The van der Waals surface area contributed by atoms with Crippen molar-refractivity contribution >= 4 is 35.5 Å². The highest BCUT2D eigenvalue weighted by atomic mass is 35.5. The van der Waals surface area contributed by atoms with E-state index in [0.29, 0.717) is 28.5 Å². The van der Waals surface area contributed by atoms with E-state index in [4.69, 9.17) is 21.8 Å². The van der Waals surface area contributed by atoms with E-state index in [1.165, 1.54) is 6.21 Å². The van der Waals surface area contributed by atoms with Crippen molar-refractivity contribution in [2.75, 3.05) is 23.7 Å². The topological polar surface area (TPSA) is 110 Å². The number of amides is 1. The number of aryl methyl sites for hydroxylation is 2. The Labute approximate surface area is 150 Å². The van der Waals surface area contributed by atoms with Crippen molar-refractivity contribution in [1.29, 1.82) is 0 Å². The summed E-state index contributed by atoms with van der Waals surface area (Å²) in [5.41, 5.74) is 9.14. The average Bonchev–Trinajstić information content (AvgIpc) is 3.18. The highest BCUT2D eigenvalue weighted by Crippen LogP contribution is 2.26. The quantitative estimate of drug-likeness (QED) is 0.490. The Kier molecular flexibility index (Phi) is 4.89. The molecule has 1 aliphatic heterocycles. The maximum Gasteiger partial charge on any atom is 0.274 e. The lowest BCUT2D eigenvalue weighted by atomic mass is 10.2. The summed E-state index contributed by atoms with van der Waals surface area (Å²) in [6, 6.07) is 1.66. The molecule has 0 radical (unpaired) electrons. The Bertz CT molecular complexity index is 826. The van der Waals surface area contributed by atoms with Crippen LogP contribution >= 0.6 is 11.6 Å². The number of nitrogens with two attached hydrogens (primary N) is 1. The number of hydrogen-bond donors (Lipinski definition) is 2. The fourth-order valence-electron chi connectivity index (χ4n) is 2.80. The molecule has 2 aromatic heterocycles. The minimum absolute atomic E-state index is 0.109. The summed E-state index contributed by atoms with van der Waals surface area (Å²) < 4.78 is 5.34. The molecule has 8 nitrogen and oxygen atoms in total. The van der Waals surface area contributed by atoms with Crippen LogP contribution in [0.25, 0.3) is 0 Å². The number of nitrogens with zero attached hydrogens (tertiary/aromatic N) is 4. The van der Waals surface area contributed by atoms with Gasteiger partial charge in [0, 0.05) is 13.1 Å². The van der Waals surface area contributed by atoms with E-state index < -0.39 is 0 Å². The summed E-state index contributed by atoms with van der Waals surface area (Å²) >= 11 is 6.20. The van der Waals surface area contributed by atoms with E-state index in [9.17, 15) is 4.79 Å². The smallest absolute Gasteiger partial charge is 0.274 e. The average molecular weight is 363 g/mol. The van der Waals surface area contributed by atoms with Crippen LogP contribution in [0.3, 0.4) is 0 Å². The van der Waals surface area contributed by atoms with E-state index in [2.05, 4.69) is 25.4 Å². The number of aromatic nitrogens is 2. The van der Waals surface area contributed by atoms with Crippen molar-refractivity contribution < 1.29 is 9.21 Å². The number of anilines is 2. The summed E-state index contributed by atoms with van der Waals surface area (Å²) in [6.45, 7) is 5.24. The van der Waals surface area contributed by atoms with Crippen molar-refractivity contribution in [2.24, 2.45) is 5.10 Å². The Morgan fingerprint density at radius 2 is 2.12 bits per heavy atom. The van der Waals surface area contributed by atoms with Crippen molar-refractivity contribution in [3.05, 3.63) is 33.9 Å². The zero-order valence-corrected chi connectivity index (χ0v) is 14.8. The first-order valence-electron chi connectivity index (χ1n) is 7.94. The summed E-state index contributed by atoms with van der Waals surface area (Å²) in [5, 5.41) is 4.19. The minimum Gasteiger partial charge on any atom is -0.466 e. The van der Waals surface area contributed by atoms with Crippen LogP contribution in [0.4, 0.5) is 11.8 Å². The molecule has 25 heavy (non-hydrogen) atoms. The van der Waals surface area contributed by atoms with Crippen molar-refractivity contribution in [2.45, 2.75) is 26.7 Å². The second-order valence-corrected chi connectivity index (χ2v) is 6.19. The molecular weight excluding hydrogens is 344 g/mol. The van der Waals surface area contributed by atoms with Gasteiger partial charge >= 0.3 is 0 Å². The Hall–Kier alpha value is -2.61. The Morgan fingerprint density at radius 3 is 2.76 bits per heavy atom. The van der Waals surface area contributed by atoms with E-state index in [0.717, 1.165) is 25.9 Å². The standard InChI is InChI=1S/C16H19ClN6O2/c1-9-7-11(10(2)25-9)15(24)22-19-8-12-13(17)20-16(18)21-14(12)23-5-3-4-6-23/h7-8H,3-6H2,1-2H3,(H,22,24)(H2,18,20,21)/b19-8+. The van der Waals surface area contributed by atoms with Gasteiger partial charge < -0.3 is 15.1 Å². The number of hydrogen-bond acceptors (Lipinski definition) is 7. The van der Waals surface area contributed by atoms with Gasteiger partial charge in [0.2, 0.25) is 5.95 Å². The number of nitrogens with one attached hydrogen (secondary N) is 1. The summed E-state index contributed by atoms with van der Waals surface area (Å²) in [7, 11) is 0. The third-order valence-corrected chi connectivity index (χ3v) is 4.24. The predicted molar refractivity (Wildman–Crippen MR) is 96.1 cm³/mol. The summed E-state index contributed by atoms with van der Waals surface area (Å²) in [4.78, 5) is 22.5. The molecular formula is C16H19ClN6O2. The monoisotopic (exact) mass is 362 g/mol. The van der Waals surface area contributed by atoms with Crippen LogP contribution in [0.2, 0.25) is 5.15 Å². The van der Waals surface area contributed by atoms with Gasteiger partial charge in [0.15, 0.2) is 0 Å². The molecule has 2 aromatic rings. The molecule has 0 atom stereocenters. The van der Waals surface area contributed by atoms with E-state index in [1.807, 2.05) is 0 Å². The number of rotatable bonds is 4. The van der Waals surface area contributed by atoms with Gasteiger partial charge in [0.1, 0.15) is 22.5 Å². The molecule has 0 aliphatic carbocycles. The molecule has 1 saturated heterocycles.